The average Bonchev–Trinajstić information content (AvgIpc) is 2.15. The zero-order valence-electron chi connectivity index (χ0n) is 8.60. The number of alkyl halides is 4. The summed E-state index contributed by atoms with van der Waals surface area (Å²) in [5.41, 5.74) is 0.152. The molecule has 0 fully saturated rings. The van der Waals surface area contributed by atoms with Gasteiger partial charge < -0.3 is 0 Å². The maximum atomic E-state index is 12.5. The highest BCUT2D eigenvalue weighted by Crippen LogP contribution is 2.26. The predicted octanol–water partition coefficient (Wildman–Crippen LogP) is 3.96. The largest absolute Gasteiger partial charge is 0.390 e. The number of ketones is 1. The van der Waals surface area contributed by atoms with Gasteiger partial charge in [-0.15, -0.1) is 11.6 Å². The molecule has 0 spiro atoms. The molecule has 0 saturated heterocycles. The molecule has 0 N–H and O–H groups in total. The molecule has 0 saturated carbocycles. The average molecular weight is 269 g/mol. The second-order valence-electron chi connectivity index (χ2n) is 3.55. The van der Waals surface area contributed by atoms with Gasteiger partial charge in [0.25, 0.3) is 0 Å². The van der Waals surface area contributed by atoms with Gasteiger partial charge in [0.1, 0.15) is 5.82 Å². The topological polar surface area (TPSA) is 17.1 Å². The van der Waals surface area contributed by atoms with Gasteiger partial charge in [0.2, 0.25) is 0 Å². The van der Waals surface area contributed by atoms with Crippen molar-refractivity contribution >= 4 is 17.4 Å². The Morgan fingerprint density at radius 2 is 1.76 bits per heavy atom. The zero-order chi connectivity index (χ0) is 13.1. The Morgan fingerprint density at radius 1 is 1.24 bits per heavy atom. The van der Waals surface area contributed by atoms with Crippen LogP contribution in [0.15, 0.2) is 24.3 Å². The third-order valence-corrected chi connectivity index (χ3v) is 2.33. The molecule has 1 aromatic rings. The molecular formula is C11H9ClF4O. The first-order chi connectivity index (χ1) is 7.78. The molecule has 0 aliphatic rings. The minimum absolute atomic E-state index is 0.152. The Labute approximate surface area is 100 Å². The third kappa shape index (κ3) is 5.17. The van der Waals surface area contributed by atoms with Crippen LogP contribution in [0.4, 0.5) is 17.6 Å². The molecule has 0 unspecified atom stereocenters. The summed E-state index contributed by atoms with van der Waals surface area (Å²) >= 11 is 5.43. The van der Waals surface area contributed by atoms with Crippen LogP contribution in [0, 0.1) is 5.82 Å². The second kappa shape index (κ2) is 5.49. The van der Waals surface area contributed by atoms with Crippen LogP contribution in [0.5, 0.6) is 0 Å². The van der Waals surface area contributed by atoms with Crippen LogP contribution in [-0.4, -0.2) is 17.3 Å². The molecule has 94 valence electrons. The van der Waals surface area contributed by atoms with Crippen molar-refractivity contribution in [2.24, 2.45) is 0 Å². The Balaban J connectivity index is 2.57. The minimum Gasteiger partial charge on any atom is -0.294 e. The van der Waals surface area contributed by atoms with Crippen LogP contribution >= 0.6 is 11.6 Å². The van der Waals surface area contributed by atoms with E-state index in [0.717, 1.165) is 12.1 Å². The van der Waals surface area contributed by atoms with Crippen molar-refractivity contribution in [3.05, 3.63) is 35.6 Å². The molecule has 0 aliphatic carbocycles. The van der Waals surface area contributed by atoms with Crippen molar-refractivity contribution in [1.29, 1.82) is 0 Å². The smallest absolute Gasteiger partial charge is 0.294 e. The summed E-state index contributed by atoms with van der Waals surface area (Å²) in [5.74, 6) is -1.05. The highest BCUT2D eigenvalue weighted by Gasteiger charge is 2.31. The van der Waals surface area contributed by atoms with Gasteiger partial charge in [-0.25, -0.2) is 4.39 Å². The van der Waals surface area contributed by atoms with E-state index in [4.69, 9.17) is 11.6 Å². The van der Waals surface area contributed by atoms with Crippen LogP contribution in [-0.2, 0) is 0 Å². The van der Waals surface area contributed by atoms with E-state index in [-0.39, 0.29) is 5.56 Å². The lowest BCUT2D eigenvalue weighted by molar-refractivity contribution is -0.134. The SMILES string of the molecule is O=C(C[C@H](Cl)CC(F)(F)F)c1ccc(F)cc1. The van der Waals surface area contributed by atoms with E-state index < -0.39 is 36.0 Å². The normalized spacial score (nSPS) is 13.5. The maximum Gasteiger partial charge on any atom is 0.390 e. The van der Waals surface area contributed by atoms with Crippen LogP contribution < -0.4 is 0 Å². The summed E-state index contributed by atoms with van der Waals surface area (Å²) in [7, 11) is 0. The van der Waals surface area contributed by atoms with Crippen molar-refractivity contribution < 1.29 is 22.4 Å². The number of rotatable bonds is 4. The lowest BCUT2D eigenvalue weighted by Crippen LogP contribution is -2.18. The number of hydrogen-bond donors (Lipinski definition) is 0. The number of halogens is 5. The Bertz CT molecular complexity index is 385. The number of hydrogen-bond acceptors (Lipinski definition) is 1. The highest BCUT2D eigenvalue weighted by atomic mass is 35.5. The molecule has 1 aromatic carbocycles. The van der Waals surface area contributed by atoms with Gasteiger partial charge in [0.15, 0.2) is 5.78 Å². The van der Waals surface area contributed by atoms with Gasteiger partial charge >= 0.3 is 6.18 Å². The minimum atomic E-state index is -4.39. The Hall–Kier alpha value is -1.10. The molecule has 0 aliphatic heterocycles. The van der Waals surface area contributed by atoms with Crippen molar-refractivity contribution in [2.45, 2.75) is 24.4 Å². The Kier molecular flexibility index (Phi) is 4.51. The van der Waals surface area contributed by atoms with Crippen LogP contribution in [0.25, 0.3) is 0 Å². The number of Topliss-reactive ketones (excluding diaryl/α,β-unsaturated/α-hetero) is 1. The number of benzene rings is 1. The molecule has 1 rings (SSSR count). The zero-order valence-corrected chi connectivity index (χ0v) is 9.35. The quantitative estimate of drug-likeness (QED) is 0.459. The van der Waals surface area contributed by atoms with Crippen molar-refractivity contribution in [3.63, 3.8) is 0 Å². The molecule has 6 heteroatoms. The van der Waals surface area contributed by atoms with E-state index >= 15 is 0 Å². The van der Waals surface area contributed by atoms with Crippen molar-refractivity contribution in [2.75, 3.05) is 0 Å². The molecule has 0 radical (unpaired) electrons. The first kappa shape index (κ1) is 14.0. The summed E-state index contributed by atoms with van der Waals surface area (Å²) in [4.78, 5) is 11.5. The van der Waals surface area contributed by atoms with E-state index in [1.165, 1.54) is 12.1 Å². The first-order valence-corrected chi connectivity index (χ1v) is 5.21. The summed E-state index contributed by atoms with van der Waals surface area (Å²) in [5, 5.41) is -1.30. The third-order valence-electron chi connectivity index (χ3n) is 2.03. The molecule has 1 atom stereocenters. The van der Waals surface area contributed by atoms with E-state index in [2.05, 4.69) is 0 Å². The highest BCUT2D eigenvalue weighted by molar-refractivity contribution is 6.22. The van der Waals surface area contributed by atoms with Gasteiger partial charge in [0, 0.05) is 17.4 Å². The van der Waals surface area contributed by atoms with Gasteiger partial charge in [0.05, 0.1) is 6.42 Å². The monoisotopic (exact) mass is 268 g/mol. The summed E-state index contributed by atoms with van der Waals surface area (Å²) in [6, 6.07) is 4.57. The van der Waals surface area contributed by atoms with E-state index in [0.29, 0.717) is 0 Å². The standard InChI is InChI=1S/C11H9ClF4O/c12-8(6-11(14,15)16)5-10(17)7-1-3-9(13)4-2-7/h1-4,8H,5-6H2/t8-/m0/s1. The molecule has 0 amide bonds. The molecular weight excluding hydrogens is 260 g/mol. The fraction of sp³-hybridized carbons (Fsp3) is 0.364. The lowest BCUT2D eigenvalue weighted by Gasteiger charge is -2.11. The van der Waals surface area contributed by atoms with Gasteiger partial charge in [-0.2, -0.15) is 13.2 Å². The lowest BCUT2D eigenvalue weighted by atomic mass is 10.1. The fourth-order valence-electron chi connectivity index (χ4n) is 1.28. The Morgan fingerprint density at radius 3 is 2.24 bits per heavy atom. The summed E-state index contributed by atoms with van der Waals surface area (Å²) in [6.45, 7) is 0. The molecule has 0 heterocycles. The van der Waals surface area contributed by atoms with Crippen molar-refractivity contribution in [1.82, 2.24) is 0 Å². The van der Waals surface area contributed by atoms with E-state index in [9.17, 15) is 22.4 Å². The van der Waals surface area contributed by atoms with Gasteiger partial charge in [-0.1, -0.05) is 0 Å². The molecule has 0 bridgehead atoms. The van der Waals surface area contributed by atoms with E-state index in [1.807, 2.05) is 0 Å². The predicted molar refractivity (Wildman–Crippen MR) is 55.7 cm³/mol. The van der Waals surface area contributed by atoms with Crippen LogP contribution in [0.2, 0.25) is 0 Å². The van der Waals surface area contributed by atoms with Crippen LogP contribution in [0.3, 0.4) is 0 Å². The molecule has 1 nitrogen and oxygen atoms in total. The molecule has 17 heavy (non-hydrogen) atoms. The summed E-state index contributed by atoms with van der Waals surface area (Å²) in [6.07, 6.45) is -6.04. The number of carbonyl (C=O) groups excluding carboxylic acids is 1. The first-order valence-electron chi connectivity index (χ1n) is 4.77. The van der Waals surface area contributed by atoms with Gasteiger partial charge in [-0.3, -0.25) is 4.79 Å². The van der Waals surface area contributed by atoms with Crippen LogP contribution in [0.1, 0.15) is 23.2 Å². The van der Waals surface area contributed by atoms with E-state index in [1.54, 1.807) is 0 Å². The fourth-order valence-corrected chi connectivity index (χ4v) is 1.59. The second-order valence-corrected chi connectivity index (χ2v) is 4.17. The summed E-state index contributed by atoms with van der Waals surface area (Å²) < 4.78 is 48.4. The van der Waals surface area contributed by atoms with Crippen molar-refractivity contribution in [3.8, 4) is 0 Å². The molecule has 0 aromatic heterocycles. The maximum absolute atomic E-state index is 12.5. The van der Waals surface area contributed by atoms with Gasteiger partial charge in [-0.05, 0) is 24.3 Å². The number of carbonyl (C=O) groups is 1.